The van der Waals surface area contributed by atoms with Crippen LogP contribution in [-0.4, -0.2) is 34.6 Å². The average Bonchev–Trinajstić information content (AvgIpc) is 2.95. The first kappa shape index (κ1) is 12.9. The molecule has 1 aliphatic rings. The number of halogens is 1. The summed E-state index contributed by atoms with van der Waals surface area (Å²) in [5, 5.41) is 0. The van der Waals surface area contributed by atoms with Crippen LogP contribution in [0, 0.1) is 12.8 Å². The second-order valence-corrected chi connectivity index (χ2v) is 5.90. The van der Waals surface area contributed by atoms with E-state index in [0.29, 0.717) is 11.8 Å². The van der Waals surface area contributed by atoms with Crippen LogP contribution in [0.1, 0.15) is 17.8 Å². The number of alkyl halides is 1. The summed E-state index contributed by atoms with van der Waals surface area (Å²) in [6, 6.07) is 6.30. The van der Waals surface area contributed by atoms with Gasteiger partial charge in [-0.15, -0.1) is 11.6 Å². The number of fused-ring (bicyclic) bond motifs is 1. The van der Waals surface area contributed by atoms with Crippen LogP contribution in [0.3, 0.4) is 0 Å². The van der Waals surface area contributed by atoms with E-state index in [2.05, 4.69) is 46.6 Å². The Morgan fingerprint density at radius 3 is 2.95 bits per heavy atom. The van der Waals surface area contributed by atoms with Crippen LogP contribution in [-0.2, 0) is 12.4 Å². The minimum Gasteiger partial charge on any atom is -0.326 e. The molecule has 4 heteroatoms. The van der Waals surface area contributed by atoms with Gasteiger partial charge in [0, 0.05) is 13.1 Å². The predicted octanol–water partition coefficient (Wildman–Crippen LogP) is 3.04. The fraction of sp³-hybridized carbons (Fsp3) is 0.533. The van der Waals surface area contributed by atoms with Crippen molar-refractivity contribution in [2.24, 2.45) is 5.92 Å². The van der Waals surface area contributed by atoms with Crippen molar-refractivity contribution in [3.8, 4) is 0 Å². The zero-order valence-electron chi connectivity index (χ0n) is 11.6. The molecule has 1 aromatic carbocycles. The molecular weight excluding hydrogens is 258 g/mol. The monoisotopic (exact) mass is 277 g/mol. The van der Waals surface area contributed by atoms with Crippen LogP contribution < -0.4 is 0 Å². The van der Waals surface area contributed by atoms with Gasteiger partial charge in [0.1, 0.15) is 5.82 Å². The molecule has 3 rings (SSSR count). The molecule has 2 heterocycles. The molecule has 0 aliphatic carbocycles. The smallest absolute Gasteiger partial charge is 0.124 e. The highest BCUT2D eigenvalue weighted by atomic mass is 35.5. The Balaban J connectivity index is 2.00. The molecular formula is C15H20ClN3. The molecule has 1 aliphatic heterocycles. The number of nitrogens with zero attached hydrogens (tertiary/aromatic N) is 3. The highest BCUT2D eigenvalue weighted by Crippen LogP contribution is 2.25. The first-order chi connectivity index (χ1) is 9.19. The summed E-state index contributed by atoms with van der Waals surface area (Å²) in [5.41, 5.74) is 3.61. The molecule has 0 saturated carbocycles. The summed E-state index contributed by atoms with van der Waals surface area (Å²) < 4.78 is 2.33. The fourth-order valence-corrected chi connectivity index (χ4v) is 3.35. The number of benzene rings is 1. The quantitative estimate of drug-likeness (QED) is 0.804. The molecule has 0 N–H and O–H groups in total. The Hall–Kier alpha value is -1.06. The van der Waals surface area contributed by atoms with E-state index in [-0.39, 0.29) is 0 Å². The summed E-state index contributed by atoms with van der Waals surface area (Å²) in [4.78, 5) is 7.07. The molecule has 0 spiro atoms. The molecule has 1 unspecified atom stereocenters. The first-order valence-corrected chi connectivity index (χ1v) is 7.41. The van der Waals surface area contributed by atoms with E-state index in [1.807, 2.05) is 0 Å². The Morgan fingerprint density at radius 2 is 2.26 bits per heavy atom. The normalized spacial score (nSPS) is 20.5. The molecule has 19 heavy (non-hydrogen) atoms. The molecule has 0 radical (unpaired) electrons. The summed E-state index contributed by atoms with van der Waals surface area (Å²) >= 11 is 6.08. The van der Waals surface area contributed by atoms with Gasteiger partial charge >= 0.3 is 0 Å². The number of aryl methyl sites for hydroxylation is 1. The van der Waals surface area contributed by atoms with Crippen molar-refractivity contribution in [1.29, 1.82) is 0 Å². The topological polar surface area (TPSA) is 21.1 Å². The van der Waals surface area contributed by atoms with Gasteiger partial charge < -0.3 is 9.47 Å². The number of likely N-dealkylation sites (tertiary alicyclic amines) is 1. The standard InChI is InChI=1S/C15H20ClN3/c1-11-4-3-5-13-15(11)19(14(8-16)17-13)10-12-6-7-18(2)9-12/h3-5,12H,6-10H2,1-2H3. The SMILES string of the molecule is Cc1cccc2nc(CCl)n(CC3CCN(C)C3)c12. The number of imidazole rings is 1. The molecule has 1 saturated heterocycles. The minimum atomic E-state index is 0.483. The number of aromatic nitrogens is 2. The van der Waals surface area contributed by atoms with E-state index in [0.717, 1.165) is 17.9 Å². The maximum Gasteiger partial charge on any atom is 0.124 e. The van der Waals surface area contributed by atoms with Crippen LogP contribution in [0.2, 0.25) is 0 Å². The van der Waals surface area contributed by atoms with Gasteiger partial charge in [0.25, 0.3) is 0 Å². The zero-order valence-corrected chi connectivity index (χ0v) is 12.3. The molecule has 1 fully saturated rings. The van der Waals surface area contributed by atoms with Crippen molar-refractivity contribution in [3.63, 3.8) is 0 Å². The number of rotatable bonds is 3. The maximum atomic E-state index is 6.08. The minimum absolute atomic E-state index is 0.483. The first-order valence-electron chi connectivity index (χ1n) is 6.88. The van der Waals surface area contributed by atoms with Crippen molar-refractivity contribution >= 4 is 22.6 Å². The van der Waals surface area contributed by atoms with Gasteiger partial charge in [0.05, 0.1) is 16.9 Å². The highest BCUT2D eigenvalue weighted by molar-refractivity contribution is 6.16. The van der Waals surface area contributed by atoms with Crippen LogP contribution in [0.4, 0.5) is 0 Å². The van der Waals surface area contributed by atoms with E-state index in [1.54, 1.807) is 0 Å². The summed E-state index contributed by atoms with van der Waals surface area (Å²) in [5.74, 6) is 2.20. The summed E-state index contributed by atoms with van der Waals surface area (Å²) in [7, 11) is 2.19. The molecule has 1 aromatic heterocycles. The summed E-state index contributed by atoms with van der Waals surface area (Å²) in [6.45, 7) is 5.56. The van der Waals surface area contributed by atoms with E-state index in [1.165, 1.54) is 30.6 Å². The predicted molar refractivity (Wildman–Crippen MR) is 79.6 cm³/mol. The van der Waals surface area contributed by atoms with E-state index in [4.69, 9.17) is 11.6 Å². The van der Waals surface area contributed by atoms with Crippen LogP contribution in [0.5, 0.6) is 0 Å². The number of para-hydroxylation sites is 1. The van der Waals surface area contributed by atoms with E-state index >= 15 is 0 Å². The van der Waals surface area contributed by atoms with Crippen molar-refractivity contribution in [2.45, 2.75) is 25.8 Å². The second kappa shape index (κ2) is 5.14. The van der Waals surface area contributed by atoms with Crippen LogP contribution >= 0.6 is 11.6 Å². The van der Waals surface area contributed by atoms with Crippen LogP contribution in [0.15, 0.2) is 18.2 Å². The molecule has 102 valence electrons. The molecule has 0 bridgehead atoms. The Bertz CT molecular complexity index is 590. The van der Waals surface area contributed by atoms with Gasteiger partial charge in [0.15, 0.2) is 0 Å². The number of hydrogen-bond acceptors (Lipinski definition) is 2. The zero-order chi connectivity index (χ0) is 13.4. The third-order valence-corrected chi connectivity index (χ3v) is 4.34. The van der Waals surface area contributed by atoms with E-state index < -0.39 is 0 Å². The third kappa shape index (κ3) is 2.37. The summed E-state index contributed by atoms with van der Waals surface area (Å²) in [6.07, 6.45) is 1.27. The average molecular weight is 278 g/mol. The lowest BCUT2D eigenvalue weighted by Gasteiger charge is -2.15. The molecule has 3 nitrogen and oxygen atoms in total. The largest absolute Gasteiger partial charge is 0.326 e. The highest BCUT2D eigenvalue weighted by Gasteiger charge is 2.22. The molecule has 1 atom stereocenters. The van der Waals surface area contributed by atoms with Crippen molar-refractivity contribution in [2.75, 3.05) is 20.1 Å². The van der Waals surface area contributed by atoms with Crippen molar-refractivity contribution < 1.29 is 0 Å². The Kier molecular flexibility index (Phi) is 3.50. The fourth-order valence-electron chi connectivity index (χ4n) is 3.15. The lowest BCUT2D eigenvalue weighted by atomic mass is 10.1. The van der Waals surface area contributed by atoms with Gasteiger partial charge in [0.2, 0.25) is 0 Å². The Morgan fingerprint density at radius 1 is 1.42 bits per heavy atom. The van der Waals surface area contributed by atoms with E-state index in [9.17, 15) is 0 Å². The molecule has 2 aromatic rings. The van der Waals surface area contributed by atoms with Crippen molar-refractivity contribution in [1.82, 2.24) is 14.5 Å². The molecule has 0 amide bonds. The Labute approximate surface area is 119 Å². The van der Waals surface area contributed by atoms with Gasteiger partial charge in [-0.25, -0.2) is 4.98 Å². The van der Waals surface area contributed by atoms with Crippen molar-refractivity contribution in [3.05, 3.63) is 29.6 Å². The lowest BCUT2D eigenvalue weighted by Crippen LogP contribution is -2.18. The lowest BCUT2D eigenvalue weighted by molar-refractivity contribution is 0.378. The van der Waals surface area contributed by atoms with Gasteiger partial charge in [-0.2, -0.15) is 0 Å². The van der Waals surface area contributed by atoms with Gasteiger partial charge in [-0.3, -0.25) is 0 Å². The second-order valence-electron chi connectivity index (χ2n) is 5.63. The maximum absolute atomic E-state index is 6.08. The van der Waals surface area contributed by atoms with Gasteiger partial charge in [-0.1, -0.05) is 12.1 Å². The van der Waals surface area contributed by atoms with Crippen LogP contribution in [0.25, 0.3) is 11.0 Å². The third-order valence-electron chi connectivity index (χ3n) is 4.10. The van der Waals surface area contributed by atoms with Gasteiger partial charge in [-0.05, 0) is 44.5 Å². The number of hydrogen-bond donors (Lipinski definition) is 0.